The fraction of sp³-hybridized carbons (Fsp3) is 0.250. The van der Waals surface area contributed by atoms with Crippen LogP contribution in [0.1, 0.15) is 48.4 Å². The van der Waals surface area contributed by atoms with Gasteiger partial charge in [-0.15, -0.1) is 0 Å². The Morgan fingerprint density at radius 1 is 0.970 bits per heavy atom. The van der Waals surface area contributed by atoms with Gasteiger partial charge in [0.05, 0.1) is 16.9 Å². The minimum Gasteiger partial charge on any atom is -0.449 e. The van der Waals surface area contributed by atoms with Crippen molar-refractivity contribution in [1.82, 2.24) is 4.57 Å². The van der Waals surface area contributed by atoms with Crippen molar-refractivity contribution in [3.63, 3.8) is 0 Å². The first kappa shape index (κ1) is 22.0. The molecule has 1 atom stereocenters. The highest BCUT2D eigenvalue weighted by molar-refractivity contribution is 14.1. The third-order valence-electron chi connectivity index (χ3n) is 6.59. The van der Waals surface area contributed by atoms with Gasteiger partial charge in [-0.2, -0.15) is 0 Å². The Bertz CT molecular complexity index is 1340. The van der Waals surface area contributed by atoms with Crippen molar-refractivity contribution >= 4 is 45.2 Å². The third-order valence-corrected chi connectivity index (χ3v) is 7.45. The highest BCUT2D eigenvalue weighted by Gasteiger charge is 2.37. The molecule has 0 fully saturated rings. The molecule has 0 amide bonds. The zero-order valence-electron chi connectivity index (χ0n) is 19.1. The van der Waals surface area contributed by atoms with Gasteiger partial charge in [0.2, 0.25) is 0 Å². The lowest BCUT2D eigenvalue weighted by Crippen LogP contribution is -2.23. The second-order valence-electron chi connectivity index (χ2n) is 8.24. The number of benzene rings is 3. The van der Waals surface area contributed by atoms with Gasteiger partial charge in [0.1, 0.15) is 0 Å². The van der Waals surface area contributed by atoms with E-state index >= 15 is 0 Å². The second kappa shape index (κ2) is 8.86. The summed E-state index contributed by atoms with van der Waals surface area (Å²) in [6.45, 7) is 9.06. The van der Waals surface area contributed by atoms with E-state index in [0.29, 0.717) is 5.56 Å². The molecule has 168 valence electrons. The minimum absolute atomic E-state index is 0.243. The van der Waals surface area contributed by atoms with Crippen LogP contribution >= 0.6 is 22.6 Å². The van der Waals surface area contributed by atoms with Crippen LogP contribution < -0.4 is 4.90 Å². The quantitative estimate of drug-likeness (QED) is 0.191. The van der Waals surface area contributed by atoms with Crippen LogP contribution in [0.25, 0.3) is 22.2 Å². The first-order chi connectivity index (χ1) is 16.1. The predicted molar refractivity (Wildman–Crippen MR) is 143 cm³/mol. The molecule has 0 aliphatic carbocycles. The van der Waals surface area contributed by atoms with Crippen LogP contribution in [-0.2, 0) is 11.3 Å². The number of esters is 1. The van der Waals surface area contributed by atoms with Gasteiger partial charge in [0, 0.05) is 45.2 Å². The fourth-order valence-electron chi connectivity index (χ4n) is 5.06. The maximum absolute atomic E-state index is 13.1. The molecule has 1 aliphatic rings. The molecular formula is C28H27IN2O2. The van der Waals surface area contributed by atoms with Crippen LogP contribution in [0.3, 0.4) is 0 Å². The van der Waals surface area contributed by atoms with Crippen LogP contribution in [0.5, 0.6) is 0 Å². The van der Waals surface area contributed by atoms with Crippen molar-refractivity contribution in [3.05, 3.63) is 87.0 Å². The number of nitrogens with zero attached hydrogens (tertiary/aromatic N) is 2. The average Bonchev–Trinajstić information content (AvgIpc) is 3.34. The summed E-state index contributed by atoms with van der Waals surface area (Å²) in [6.07, 6.45) is -0.431. The van der Waals surface area contributed by atoms with Crippen molar-refractivity contribution in [2.75, 3.05) is 18.0 Å². The zero-order valence-corrected chi connectivity index (χ0v) is 21.3. The summed E-state index contributed by atoms with van der Waals surface area (Å²) in [4.78, 5) is 15.4. The number of cyclic esters (lactones) is 1. The van der Waals surface area contributed by atoms with Crippen molar-refractivity contribution < 1.29 is 9.53 Å². The van der Waals surface area contributed by atoms with E-state index < -0.39 is 6.10 Å². The molecule has 33 heavy (non-hydrogen) atoms. The van der Waals surface area contributed by atoms with Gasteiger partial charge in [0.15, 0.2) is 6.10 Å². The highest BCUT2D eigenvalue weighted by atomic mass is 127. The fourth-order valence-corrected chi connectivity index (χ4v) is 5.89. The molecule has 4 nitrogen and oxygen atoms in total. The second-order valence-corrected chi connectivity index (χ2v) is 9.40. The molecule has 1 unspecified atom stereocenters. The van der Waals surface area contributed by atoms with E-state index in [2.05, 4.69) is 107 Å². The molecule has 0 radical (unpaired) electrons. The van der Waals surface area contributed by atoms with Crippen LogP contribution in [0.4, 0.5) is 5.69 Å². The maximum atomic E-state index is 13.1. The third kappa shape index (κ3) is 3.53. The molecule has 0 bridgehead atoms. The minimum atomic E-state index is -0.431. The molecule has 5 heteroatoms. The number of aromatic nitrogens is 1. The van der Waals surface area contributed by atoms with Crippen molar-refractivity contribution in [2.24, 2.45) is 0 Å². The van der Waals surface area contributed by atoms with Gasteiger partial charge < -0.3 is 14.2 Å². The number of hydrogen-bond donors (Lipinski definition) is 0. The van der Waals surface area contributed by atoms with Gasteiger partial charge >= 0.3 is 5.97 Å². The van der Waals surface area contributed by atoms with Crippen LogP contribution in [-0.4, -0.2) is 23.6 Å². The van der Waals surface area contributed by atoms with E-state index in [0.717, 1.165) is 62.2 Å². The van der Waals surface area contributed by atoms with Gasteiger partial charge in [-0.1, -0.05) is 48.5 Å². The van der Waals surface area contributed by atoms with Gasteiger partial charge in [0.25, 0.3) is 0 Å². The Balaban J connectivity index is 1.77. The van der Waals surface area contributed by atoms with Gasteiger partial charge in [-0.3, -0.25) is 0 Å². The molecule has 2 heterocycles. The van der Waals surface area contributed by atoms with Gasteiger partial charge in [-0.25, -0.2) is 4.79 Å². The van der Waals surface area contributed by atoms with Crippen molar-refractivity contribution in [2.45, 2.75) is 33.4 Å². The molecule has 1 aromatic heterocycles. The summed E-state index contributed by atoms with van der Waals surface area (Å²) in [5.74, 6) is -0.243. The lowest BCUT2D eigenvalue weighted by molar-refractivity contribution is 0.0458. The van der Waals surface area contributed by atoms with E-state index in [1.165, 1.54) is 0 Å². The summed E-state index contributed by atoms with van der Waals surface area (Å²) in [6, 6.07) is 23.0. The lowest BCUT2D eigenvalue weighted by Gasteiger charge is -2.23. The summed E-state index contributed by atoms with van der Waals surface area (Å²) < 4.78 is 9.60. The number of rotatable bonds is 6. The van der Waals surface area contributed by atoms with Crippen molar-refractivity contribution in [3.8, 4) is 11.3 Å². The van der Waals surface area contributed by atoms with Crippen LogP contribution in [0.2, 0.25) is 0 Å². The summed E-state index contributed by atoms with van der Waals surface area (Å²) in [5, 5.41) is 1.13. The average molecular weight is 550 g/mol. The van der Waals surface area contributed by atoms with E-state index in [1.54, 1.807) is 0 Å². The van der Waals surface area contributed by atoms with E-state index in [1.807, 2.05) is 12.1 Å². The standard InChI is InChI=1S/C28H27IN2O2/c1-4-30(5-2)24-17-21-20(16-22(24)29)27(33-28(21)32)25-19-14-10-11-15-23(19)31(6-3)26(25)18-12-8-7-9-13-18/h7-17,27H,4-6H2,1-3H3. The lowest BCUT2D eigenvalue weighted by atomic mass is 9.94. The zero-order chi connectivity index (χ0) is 23.1. The Kier molecular flexibility index (Phi) is 5.91. The largest absolute Gasteiger partial charge is 0.449 e. The van der Waals surface area contributed by atoms with Crippen molar-refractivity contribution in [1.29, 1.82) is 0 Å². The molecule has 4 aromatic rings. The number of anilines is 1. The molecule has 3 aromatic carbocycles. The number of hydrogen-bond acceptors (Lipinski definition) is 3. The van der Waals surface area contributed by atoms with Gasteiger partial charge in [-0.05, 0) is 67.1 Å². The monoisotopic (exact) mass is 550 g/mol. The Morgan fingerprint density at radius 3 is 2.36 bits per heavy atom. The molecule has 1 aliphatic heterocycles. The number of carbonyl (C=O) groups is 1. The number of fused-ring (bicyclic) bond motifs is 2. The summed E-state index contributed by atoms with van der Waals surface area (Å²) >= 11 is 2.39. The predicted octanol–water partition coefficient (Wildman–Crippen LogP) is 7.04. The van der Waals surface area contributed by atoms with Crippen LogP contribution in [0, 0.1) is 3.57 Å². The first-order valence-corrected chi connectivity index (χ1v) is 12.6. The highest BCUT2D eigenvalue weighted by Crippen LogP contribution is 2.46. The molecule has 0 N–H and O–H groups in total. The van der Waals surface area contributed by atoms with Crippen LogP contribution in [0.15, 0.2) is 66.7 Å². The molecule has 0 saturated carbocycles. The topological polar surface area (TPSA) is 34.5 Å². The molecular weight excluding hydrogens is 523 g/mol. The SMILES string of the molecule is CCN(CC)c1cc2c(cc1I)C(c1c(-c3ccccc3)n(CC)c3ccccc13)OC2=O. The molecule has 0 spiro atoms. The number of carbonyl (C=O) groups excluding carboxylic acids is 1. The normalized spacial score (nSPS) is 15.0. The Morgan fingerprint density at radius 2 is 1.67 bits per heavy atom. The summed E-state index contributed by atoms with van der Waals surface area (Å²) in [5.41, 5.74) is 7.20. The first-order valence-electron chi connectivity index (χ1n) is 11.5. The number of para-hydroxylation sites is 1. The van der Waals surface area contributed by atoms with E-state index in [9.17, 15) is 4.79 Å². The maximum Gasteiger partial charge on any atom is 0.339 e. The molecule has 5 rings (SSSR count). The molecule has 0 saturated heterocycles. The van der Waals surface area contributed by atoms with E-state index in [-0.39, 0.29) is 5.97 Å². The number of ether oxygens (including phenoxy) is 1. The van der Waals surface area contributed by atoms with E-state index in [4.69, 9.17) is 4.74 Å². The number of halogens is 1. The number of aryl methyl sites for hydroxylation is 1. The Hall–Kier alpha value is -2.80. The smallest absolute Gasteiger partial charge is 0.339 e. The Labute approximate surface area is 208 Å². The summed E-state index contributed by atoms with van der Waals surface area (Å²) in [7, 11) is 0.